The third-order valence-electron chi connectivity index (χ3n) is 5.33. The van der Waals surface area contributed by atoms with E-state index in [4.69, 9.17) is 4.74 Å². The van der Waals surface area contributed by atoms with Crippen LogP contribution in [0.25, 0.3) is 0 Å². The molecule has 3 saturated heterocycles. The Kier molecular flexibility index (Phi) is 3.86. The van der Waals surface area contributed by atoms with Crippen molar-refractivity contribution in [3.05, 3.63) is 34.3 Å². The van der Waals surface area contributed by atoms with Gasteiger partial charge in [-0.05, 0) is 30.5 Å². The van der Waals surface area contributed by atoms with Crippen LogP contribution < -0.4 is 5.32 Å². The maximum absolute atomic E-state index is 6.05. The number of hydrogen-bond donors (Lipinski definition) is 1. The lowest BCUT2D eigenvalue weighted by Crippen LogP contribution is -2.40. The molecular weight excluding hydrogens is 342 g/mol. The van der Waals surface area contributed by atoms with Crippen molar-refractivity contribution >= 4 is 21.9 Å². The van der Waals surface area contributed by atoms with Crippen LogP contribution in [0.1, 0.15) is 18.4 Å². The van der Waals surface area contributed by atoms with Gasteiger partial charge in [-0.15, -0.1) is 0 Å². The molecule has 118 valence electrons. The van der Waals surface area contributed by atoms with Gasteiger partial charge in [0.25, 0.3) is 0 Å². The third kappa shape index (κ3) is 2.54. The summed E-state index contributed by atoms with van der Waals surface area (Å²) < 4.78 is 7.16. The fraction of sp³-hybridized carbons (Fsp3) is 0.588. The molecule has 1 aromatic carbocycles. The molecular formula is C17H22BrN3O. The van der Waals surface area contributed by atoms with Gasteiger partial charge in [0.1, 0.15) is 0 Å². The van der Waals surface area contributed by atoms with Crippen molar-refractivity contribution in [2.75, 3.05) is 20.1 Å². The molecule has 4 atom stereocenters. The third-order valence-corrected chi connectivity index (χ3v) is 5.86. The molecule has 3 heterocycles. The number of ether oxygens (including phenoxy) is 1. The van der Waals surface area contributed by atoms with Crippen LogP contribution in [-0.2, 0) is 11.3 Å². The van der Waals surface area contributed by atoms with Gasteiger partial charge < -0.3 is 15.0 Å². The largest absolute Gasteiger partial charge is 0.374 e. The lowest BCUT2D eigenvalue weighted by atomic mass is 9.82. The number of hydrogen-bond acceptors (Lipinski definition) is 2. The molecule has 5 heteroatoms. The molecule has 0 aliphatic carbocycles. The predicted molar refractivity (Wildman–Crippen MR) is 90.8 cm³/mol. The molecule has 3 fully saturated rings. The van der Waals surface area contributed by atoms with E-state index in [0.29, 0.717) is 24.0 Å². The van der Waals surface area contributed by atoms with E-state index in [-0.39, 0.29) is 0 Å². The van der Waals surface area contributed by atoms with Crippen LogP contribution in [0.15, 0.2) is 33.7 Å². The summed E-state index contributed by atoms with van der Waals surface area (Å²) in [4.78, 5) is 6.90. The van der Waals surface area contributed by atoms with Crippen molar-refractivity contribution in [3.8, 4) is 0 Å². The van der Waals surface area contributed by atoms with Gasteiger partial charge in [0.15, 0.2) is 5.96 Å². The van der Waals surface area contributed by atoms with Crippen molar-refractivity contribution < 1.29 is 4.74 Å². The fourth-order valence-electron chi connectivity index (χ4n) is 4.25. The molecule has 2 bridgehead atoms. The summed E-state index contributed by atoms with van der Waals surface area (Å²) in [7, 11) is 1.88. The number of nitrogens with zero attached hydrogens (tertiary/aromatic N) is 2. The number of guanidine groups is 1. The predicted octanol–water partition coefficient (Wildman–Crippen LogP) is 2.63. The Balaban J connectivity index is 1.38. The monoisotopic (exact) mass is 363 g/mol. The minimum absolute atomic E-state index is 0.504. The van der Waals surface area contributed by atoms with Crippen LogP contribution in [0.4, 0.5) is 0 Å². The van der Waals surface area contributed by atoms with Gasteiger partial charge in [-0.25, -0.2) is 0 Å². The van der Waals surface area contributed by atoms with E-state index in [1.807, 2.05) is 7.05 Å². The standard InChI is InChI=1S/C17H22BrN3O/c1-19-17(20-8-11-2-4-12(18)5-3-11)21-9-13-14(10-21)16-7-6-15(13)22-16/h2-5,13-16H,6-10H2,1H3,(H,19,20). The van der Waals surface area contributed by atoms with Crippen LogP contribution in [0.3, 0.4) is 0 Å². The Hall–Kier alpha value is -1.07. The fourth-order valence-corrected chi connectivity index (χ4v) is 4.51. The number of aliphatic imine (C=N–C) groups is 1. The molecule has 0 aromatic heterocycles. The molecule has 3 aliphatic rings. The van der Waals surface area contributed by atoms with Crippen molar-refractivity contribution in [2.45, 2.75) is 31.6 Å². The molecule has 4 nitrogen and oxygen atoms in total. The average Bonchev–Trinajstić information content (AvgIpc) is 3.22. The first kappa shape index (κ1) is 14.5. The Morgan fingerprint density at radius 1 is 1.23 bits per heavy atom. The van der Waals surface area contributed by atoms with Crippen molar-refractivity contribution in [2.24, 2.45) is 16.8 Å². The summed E-state index contributed by atoms with van der Waals surface area (Å²) in [5, 5.41) is 3.51. The lowest BCUT2D eigenvalue weighted by molar-refractivity contribution is 0.0767. The summed E-state index contributed by atoms with van der Waals surface area (Å²) in [6.45, 7) is 2.99. The second-order valence-corrected chi connectivity index (χ2v) is 7.47. The Bertz CT molecular complexity index is 556. The highest BCUT2D eigenvalue weighted by Crippen LogP contribution is 2.47. The van der Waals surface area contributed by atoms with Crippen LogP contribution in [0, 0.1) is 11.8 Å². The molecule has 0 amide bonds. The first-order chi connectivity index (χ1) is 10.7. The second kappa shape index (κ2) is 5.85. The average molecular weight is 364 g/mol. The quantitative estimate of drug-likeness (QED) is 0.648. The molecule has 4 unspecified atom stereocenters. The van der Waals surface area contributed by atoms with Crippen LogP contribution in [0.2, 0.25) is 0 Å². The second-order valence-electron chi connectivity index (χ2n) is 6.55. The van der Waals surface area contributed by atoms with Crippen LogP contribution >= 0.6 is 15.9 Å². The summed E-state index contributed by atoms with van der Waals surface area (Å²) >= 11 is 3.47. The van der Waals surface area contributed by atoms with Gasteiger partial charge in [-0.2, -0.15) is 0 Å². The van der Waals surface area contributed by atoms with E-state index < -0.39 is 0 Å². The van der Waals surface area contributed by atoms with Gasteiger partial charge in [-0.3, -0.25) is 4.99 Å². The van der Waals surface area contributed by atoms with E-state index in [1.54, 1.807) is 0 Å². The summed E-state index contributed by atoms with van der Waals surface area (Å²) in [6.07, 6.45) is 3.52. The minimum atomic E-state index is 0.504. The lowest BCUT2D eigenvalue weighted by Gasteiger charge is -2.23. The topological polar surface area (TPSA) is 36.9 Å². The number of halogens is 1. The van der Waals surface area contributed by atoms with Gasteiger partial charge in [0.2, 0.25) is 0 Å². The zero-order valence-corrected chi connectivity index (χ0v) is 14.4. The summed E-state index contributed by atoms with van der Waals surface area (Å²) in [6, 6.07) is 8.43. The Morgan fingerprint density at radius 3 is 2.45 bits per heavy atom. The molecule has 1 aromatic rings. The maximum Gasteiger partial charge on any atom is 0.193 e. The normalized spacial score (nSPS) is 33.4. The molecule has 0 spiro atoms. The van der Waals surface area contributed by atoms with Gasteiger partial charge in [0.05, 0.1) is 12.2 Å². The van der Waals surface area contributed by atoms with Crippen molar-refractivity contribution in [1.82, 2.24) is 10.2 Å². The molecule has 0 saturated carbocycles. The number of benzene rings is 1. The van der Waals surface area contributed by atoms with E-state index >= 15 is 0 Å². The summed E-state index contributed by atoms with van der Waals surface area (Å²) in [5.41, 5.74) is 1.27. The van der Waals surface area contributed by atoms with Gasteiger partial charge in [0, 0.05) is 43.0 Å². The molecule has 0 radical (unpaired) electrons. The minimum Gasteiger partial charge on any atom is -0.374 e. The van der Waals surface area contributed by atoms with Crippen LogP contribution in [0.5, 0.6) is 0 Å². The Morgan fingerprint density at radius 2 is 1.86 bits per heavy atom. The molecule has 3 aliphatic heterocycles. The zero-order chi connectivity index (χ0) is 15.1. The van der Waals surface area contributed by atoms with Gasteiger partial charge in [-0.1, -0.05) is 28.1 Å². The molecule has 1 N–H and O–H groups in total. The van der Waals surface area contributed by atoms with E-state index in [2.05, 4.69) is 55.4 Å². The van der Waals surface area contributed by atoms with Crippen LogP contribution in [-0.4, -0.2) is 43.2 Å². The number of nitrogens with one attached hydrogen (secondary N) is 1. The van der Waals surface area contributed by atoms with E-state index in [1.165, 1.54) is 18.4 Å². The first-order valence-electron chi connectivity index (χ1n) is 8.10. The number of rotatable bonds is 2. The first-order valence-corrected chi connectivity index (χ1v) is 8.89. The zero-order valence-electron chi connectivity index (χ0n) is 12.8. The number of likely N-dealkylation sites (tertiary alicyclic amines) is 1. The highest BCUT2D eigenvalue weighted by atomic mass is 79.9. The maximum atomic E-state index is 6.05. The smallest absolute Gasteiger partial charge is 0.193 e. The van der Waals surface area contributed by atoms with E-state index in [9.17, 15) is 0 Å². The highest BCUT2D eigenvalue weighted by molar-refractivity contribution is 9.10. The highest BCUT2D eigenvalue weighted by Gasteiger charge is 2.53. The molecule has 4 rings (SSSR count). The number of fused-ring (bicyclic) bond motifs is 5. The van der Waals surface area contributed by atoms with Crippen molar-refractivity contribution in [1.29, 1.82) is 0 Å². The van der Waals surface area contributed by atoms with Crippen molar-refractivity contribution in [3.63, 3.8) is 0 Å². The summed E-state index contributed by atoms with van der Waals surface area (Å²) in [5.74, 6) is 2.45. The molecule has 22 heavy (non-hydrogen) atoms. The SMILES string of the molecule is CN=C(NCc1ccc(Br)cc1)N1CC2C3CCC(O3)C2C1. The van der Waals surface area contributed by atoms with E-state index in [0.717, 1.165) is 30.1 Å². The van der Waals surface area contributed by atoms with Gasteiger partial charge >= 0.3 is 0 Å². The Labute approximate surface area is 140 Å².